The van der Waals surface area contributed by atoms with E-state index in [9.17, 15) is 9.59 Å². The molecular weight excluding hydrogens is 462 g/mol. The summed E-state index contributed by atoms with van der Waals surface area (Å²) in [5.41, 5.74) is 2.68. The van der Waals surface area contributed by atoms with E-state index >= 15 is 0 Å². The second-order valence-electron chi connectivity index (χ2n) is 8.94. The molecule has 0 spiro atoms. The molecule has 7 nitrogen and oxygen atoms in total. The van der Waals surface area contributed by atoms with Gasteiger partial charge in [0.2, 0.25) is 0 Å². The molecular formula is C27H29N3O4S. The summed E-state index contributed by atoms with van der Waals surface area (Å²) in [5.74, 6) is 1.01. The lowest BCUT2D eigenvalue weighted by molar-refractivity contribution is -0.139. The van der Waals surface area contributed by atoms with Gasteiger partial charge in [0.05, 0.1) is 28.5 Å². The molecule has 0 bridgehead atoms. The molecule has 8 heteroatoms. The number of thiazole rings is 1. The Morgan fingerprint density at radius 1 is 1.14 bits per heavy atom. The minimum atomic E-state index is -0.603. The lowest BCUT2D eigenvalue weighted by Gasteiger charge is -2.25. The first-order valence-corrected chi connectivity index (χ1v) is 12.9. The van der Waals surface area contributed by atoms with E-state index in [-0.39, 0.29) is 12.2 Å². The number of esters is 1. The Kier molecular flexibility index (Phi) is 6.47. The van der Waals surface area contributed by atoms with Crippen LogP contribution in [0.3, 0.4) is 0 Å². The predicted molar refractivity (Wildman–Crippen MR) is 136 cm³/mol. The first-order chi connectivity index (χ1) is 17.0. The van der Waals surface area contributed by atoms with Crippen molar-refractivity contribution in [3.63, 3.8) is 0 Å². The smallest absolute Gasteiger partial charge is 0.338 e. The van der Waals surface area contributed by atoms with Crippen LogP contribution in [-0.2, 0) is 9.53 Å². The molecule has 2 aliphatic heterocycles. The van der Waals surface area contributed by atoms with E-state index in [1.807, 2.05) is 43.3 Å². The highest BCUT2D eigenvalue weighted by atomic mass is 32.1. The topological polar surface area (TPSA) is 77.0 Å². The van der Waals surface area contributed by atoms with Gasteiger partial charge >= 0.3 is 5.97 Å². The fraction of sp³-hybridized carbons (Fsp3) is 0.370. The average molecular weight is 492 g/mol. The van der Waals surface area contributed by atoms with Gasteiger partial charge in [0.25, 0.3) is 5.56 Å². The maximum atomic E-state index is 13.7. The minimum Gasteiger partial charge on any atom is -0.463 e. The van der Waals surface area contributed by atoms with Crippen LogP contribution in [0.5, 0.6) is 0 Å². The largest absolute Gasteiger partial charge is 0.463 e. The zero-order valence-corrected chi connectivity index (χ0v) is 21.1. The number of nitrogens with zero attached hydrogens (tertiary/aromatic N) is 3. The Hall–Kier alpha value is -3.39. The number of benzene rings is 1. The Bertz CT molecular complexity index is 1450. The van der Waals surface area contributed by atoms with Crippen LogP contribution < -0.4 is 19.8 Å². The average Bonchev–Trinajstić information content (AvgIpc) is 3.44. The number of rotatable bonds is 5. The number of piperidine rings is 1. The first-order valence-electron chi connectivity index (χ1n) is 12.1. The number of hydrogen-bond acceptors (Lipinski definition) is 7. The minimum absolute atomic E-state index is 0.204. The van der Waals surface area contributed by atoms with Gasteiger partial charge in [0.1, 0.15) is 5.76 Å². The number of allylic oxidation sites excluding steroid dienone is 1. The number of hydrogen-bond donors (Lipinski definition) is 0. The van der Waals surface area contributed by atoms with Crippen molar-refractivity contribution in [2.45, 2.75) is 46.1 Å². The third kappa shape index (κ3) is 4.50. The van der Waals surface area contributed by atoms with Gasteiger partial charge in [-0.15, -0.1) is 0 Å². The van der Waals surface area contributed by atoms with Crippen LogP contribution in [0, 0.1) is 6.92 Å². The maximum absolute atomic E-state index is 13.7. The molecule has 4 heterocycles. The molecule has 0 aliphatic carbocycles. The van der Waals surface area contributed by atoms with Gasteiger partial charge in [0, 0.05) is 25.2 Å². The summed E-state index contributed by atoms with van der Waals surface area (Å²) in [6.45, 7) is 7.79. The van der Waals surface area contributed by atoms with Crippen LogP contribution in [0.1, 0.15) is 56.0 Å². The Morgan fingerprint density at radius 2 is 1.89 bits per heavy atom. The Morgan fingerprint density at radius 3 is 2.60 bits per heavy atom. The molecule has 1 saturated heterocycles. The summed E-state index contributed by atoms with van der Waals surface area (Å²) in [6.07, 6.45) is 5.35. The van der Waals surface area contributed by atoms with E-state index in [0.717, 1.165) is 42.9 Å². The number of anilines is 1. The van der Waals surface area contributed by atoms with Crippen molar-refractivity contribution in [3.05, 3.63) is 84.2 Å². The van der Waals surface area contributed by atoms with E-state index in [2.05, 4.69) is 9.89 Å². The Balaban J connectivity index is 1.60. The highest BCUT2D eigenvalue weighted by molar-refractivity contribution is 7.07. The quantitative estimate of drug-likeness (QED) is 0.509. The van der Waals surface area contributed by atoms with Crippen LogP contribution in [0.4, 0.5) is 5.88 Å². The SMILES string of the molecule is CCOC(=O)C1=C(C)N=c2sc(=Cc3ccc(N4CCCCC4)o3)c(=O)n2[C@@H]1c1ccc(C)cc1. The molecule has 0 unspecified atom stereocenters. The van der Waals surface area contributed by atoms with Crippen LogP contribution in [-0.4, -0.2) is 30.2 Å². The highest BCUT2D eigenvalue weighted by Crippen LogP contribution is 2.31. The molecule has 2 aliphatic rings. The van der Waals surface area contributed by atoms with E-state index in [0.29, 0.717) is 26.4 Å². The van der Waals surface area contributed by atoms with Gasteiger partial charge in [-0.05, 0) is 51.7 Å². The molecule has 1 fully saturated rings. The number of fused-ring (bicyclic) bond motifs is 1. The summed E-state index contributed by atoms with van der Waals surface area (Å²) < 4.78 is 13.5. The van der Waals surface area contributed by atoms with Crippen molar-refractivity contribution in [1.82, 2.24) is 4.57 Å². The lowest BCUT2D eigenvalue weighted by Crippen LogP contribution is -2.39. The third-order valence-corrected chi connectivity index (χ3v) is 7.45. The van der Waals surface area contributed by atoms with Crippen LogP contribution in [0.15, 0.2) is 61.9 Å². The summed E-state index contributed by atoms with van der Waals surface area (Å²) in [4.78, 5) is 34.0. The molecule has 0 N–H and O–H groups in total. The fourth-order valence-electron chi connectivity index (χ4n) is 4.69. The molecule has 0 saturated carbocycles. The standard InChI is InChI=1S/C27H29N3O4S/c1-4-33-26(32)23-18(3)28-27-30(24(23)19-10-8-17(2)9-11-19)25(31)21(35-27)16-20-12-13-22(34-20)29-14-6-5-7-15-29/h8-13,16,24H,4-7,14-15H2,1-3H3/t24-/m1/s1. The number of carbonyl (C=O) groups is 1. The summed E-state index contributed by atoms with van der Waals surface area (Å²) in [5, 5.41) is 0. The maximum Gasteiger partial charge on any atom is 0.338 e. The zero-order valence-electron chi connectivity index (χ0n) is 20.2. The number of aryl methyl sites for hydroxylation is 1. The highest BCUT2D eigenvalue weighted by Gasteiger charge is 2.33. The van der Waals surface area contributed by atoms with Crippen LogP contribution in [0.25, 0.3) is 6.08 Å². The Labute approximate surface area is 207 Å². The molecule has 3 aromatic rings. The van der Waals surface area contributed by atoms with Crippen molar-refractivity contribution in [3.8, 4) is 0 Å². The molecule has 182 valence electrons. The summed E-state index contributed by atoms with van der Waals surface area (Å²) in [7, 11) is 0. The van der Waals surface area contributed by atoms with E-state index in [1.54, 1.807) is 24.5 Å². The van der Waals surface area contributed by atoms with E-state index in [4.69, 9.17) is 9.15 Å². The van der Waals surface area contributed by atoms with Gasteiger partial charge in [-0.1, -0.05) is 41.2 Å². The van der Waals surface area contributed by atoms with Crippen molar-refractivity contribution in [2.75, 3.05) is 24.6 Å². The van der Waals surface area contributed by atoms with Crippen LogP contribution in [0.2, 0.25) is 0 Å². The van der Waals surface area contributed by atoms with Gasteiger partial charge in [0.15, 0.2) is 10.7 Å². The van der Waals surface area contributed by atoms with Crippen molar-refractivity contribution >= 4 is 29.3 Å². The number of carbonyl (C=O) groups excluding carboxylic acids is 1. The monoisotopic (exact) mass is 491 g/mol. The van der Waals surface area contributed by atoms with Crippen molar-refractivity contribution < 1.29 is 13.9 Å². The third-order valence-electron chi connectivity index (χ3n) is 6.46. The number of ether oxygens (including phenoxy) is 1. The molecule has 5 rings (SSSR count). The van der Waals surface area contributed by atoms with Crippen molar-refractivity contribution in [1.29, 1.82) is 0 Å². The normalized spacial score (nSPS) is 18.4. The lowest BCUT2D eigenvalue weighted by atomic mass is 9.95. The summed E-state index contributed by atoms with van der Waals surface area (Å²) in [6, 6.07) is 11.1. The second-order valence-corrected chi connectivity index (χ2v) is 9.95. The van der Waals surface area contributed by atoms with Gasteiger partial charge in [-0.3, -0.25) is 9.36 Å². The van der Waals surface area contributed by atoms with Gasteiger partial charge < -0.3 is 14.1 Å². The predicted octanol–water partition coefficient (Wildman–Crippen LogP) is 3.69. The second kappa shape index (κ2) is 9.70. The van der Waals surface area contributed by atoms with E-state index < -0.39 is 12.0 Å². The molecule has 1 aromatic carbocycles. The molecule has 0 radical (unpaired) electrons. The number of furan rings is 1. The van der Waals surface area contributed by atoms with Crippen molar-refractivity contribution in [2.24, 2.45) is 4.99 Å². The van der Waals surface area contributed by atoms with Gasteiger partial charge in [-0.2, -0.15) is 0 Å². The molecule has 35 heavy (non-hydrogen) atoms. The first kappa shape index (κ1) is 23.4. The fourth-order valence-corrected chi connectivity index (χ4v) is 5.72. The van der Waals surface area contributed by atoms with E-state index in [1.165, 1.54) is 17.8 Å². The molecule has 1 atom stereocenters. The van der Waals surface area contributed by atoms with Gasteiger partial charge in [-0.25, -0.2) is 9.79 Å². The molecule has 0 amide bonds. The molecule has 2 aromatic heterocycles. The zero-order chi connectivity index (χ0) is 24.5. The summed E-state index contributed by atoms with van der Waals surface area (Å²) >= 11 is 1.30. The van der Waals surface area contributed by atoms with Crippen LogP contribution >= 0.6 is 11.3 Å². The number of aromatic nitrogens is 1.